The molecule has 0 bridgehead atoms. The highest BCUT2D eigenvalue weighted by molar-refractivity contribution is 7.17. The van der Waals surface area contributed by atoms with Crippen molar-refractivity contribution in [2.45, 2.75) is 13.5 Å². The number of rotatable bonds is 4. The van der Waals surface area contributed by atoms with Crippen molar-refractivity contribution >= 4 is 22.9 Å². The van der Waals surface area contributed by atoms with Crippen molar-refractivity contribution in [1.29, 1.82) is 0 Å². The van der Waals surface area contributed by atoms with E-state index in [0.717, 1.165) is 47.4 Å². The number of aromatic nitrogens is 4. The average molecular weight is 419 g/mol. The number of piperazine rings is 1. The van der Waals surface area contributed by atoms with Gasteiger partial charge in [0.05, 0.1) is 17.1 Å². The molecule has 30 heavy (non-hydrogen) atoms. The highest BCUT2D eigenvalue weighted by Gasteiger charge is 2.26. The van der Waals surface area contributed by atoms with E-state index in [2.05, 4.69) is 26.0 Å². The minimum atomic E-state index is 0.0690. The average Bonchev–Trinajstić information content (AvgIpc) is 3.37. The summed E-state index contributed by atoms with van der Waals surface area (Å²) in [5, 5.41) is 0.793. The van der Waals surface area contributed by atoms with Gasteiger partial charge in [0.15, 0.2) is 0 Å². The second kappa shape index (κ2) is 7.97. The molecule has 0 unspecified atom stereocenters. The Balaban J connectivity index is 1.23. The molecule has 1 saturated heterocycles. The Hall–Kier alpha value is -3.10. The van der Waals surface area contributed by atoms with E-state index in [1.54, 1.807) is 6.20 Å². The van der Waals surface area contributed by atoms with Crippen LogP contribution in [0.5, 0.6) is 0 Å². The summed E-state index contributed by atoms with van der Waals surface area (Å²) >= 11 is 1.43. The first-order valence-electron chi connectivity index (χ1n) is 10.0. The van der Waals surface area contributed by atoms with Crippen molar-refractivity contribution in [3.05, 3.63) is 71.3 Å². The van der Waals surface area contributed by atoms with Gasteiger partial charge in [0.2, 0.25) is 0 Å². The molecule has 0 aliphatic carbocycles. The minimum absolute atomic E-state index is 0.0690. The number of imidazole rings is 1. The van der Waals surface area contributed by atoms with Crippen LogP contribution in [0.15, 0.2) is 55.0 Å². The molecule has 0 radical (unpaired) electrons. The molecule has 1 aliphatic heterocycles. The number of aryl methyl sites for hydroxylation is 1. The lowest BCUT2D eigenvalue weighted by molar-refractivity contribution is 0.0631. The predicted molar refractivity (Wildman–Crippen MR) is 116 cm³/mol. The van der Waals surface area contributed by atoms with Gasteiger partial charge in [0.1, 0.15) is 15.5 Å². The summed E-state index contributed by atoms with van der Waals surface area (Å²) in [4.78, 5) is 31.7. The Bertz CT molecular complexity index is 1140. The molecule has 4 aromatic rings. The molecular weight excluding hydrogens is 396 g/mol. The number of nitrogens with zero attached hydrogens (tertiary/aromatic N) is 6. The van der Waals surface area contributed by atoms with Gasteiger partial charge in [-0.15, -0.1) is 11.3 Å². The molecule has 0 spiro atoms. The Morgan fingerprint density at radius 1 is 1.07 bits per heavy atom. The first-order chi connectivity index (χ1) is 14.7. The second-order valence-electron chi connectivity index (χ2n) is 7.42. The fourth-order valence-corrected chi connectivity index (χ4v) is 4.75. The van der Waals surface area contributed by atoms with E-state index in [1.807, 2.05) is 58.8 Å². The molecule has 152 valence electrons. The largest absolute Gasteiger partial charge is 0.335 e. The van der Waals surface area contributed by atoms with Crippen molar-refractivity contribution in [3.63, 3.8) is 0 Å². The summed E-state index contributed by atoms with van der Waals surface area (Å²) in [7, 11) is 0. The number of thiazole rings is 1. The number of carbonyl (C=O) groups is 1. The van der Waals surface area contributed by atoms with Crippen LogP contribution in [0.4, 0.5) is 0 Å². The quantitative estimate of drug-likeness (QED) is 0.509. The number of amides is 1. The van der Waals surface area contributed by atoms with Gasteiger partial charge in [-0.2, -0.15) is 0 Å². The number of hydrogen-bond acceptors (Lipinski definition) is 6. The van der Waals surface area contributed by atoms with Crippen molar-refractivity contribution in [2.75, 3.05) is 26.2 Å². The monoisotopic (exact) mass is 418 g/mol. The topological polar surface area (TPSA) is 66.6 Å². The normalized spacial score (nSPS) is 15.0. The fraction of sp³-hybridized carbons (Fsp3) is 0.273. The lowest BCUT2D eigenvalue weighted by atomic mass is 10.2. The first kappa shape index (κ1) is 18.9. The number of carbonyl (C=O) groups excluding carboxylic acids is 1. The summed E-state index contributed by atoms with van der Waals surface area (Å²) in [6.07, 6.45) is 5.83. The van der Waals surface area contributed by atoms with Gasteiger partial charge in [-0.05, 0) is 31.2 Å². The highest BCUT2D eigenvalue weighted by Crippen LogP contribution is 2.27. The van der Waals surface area contributed by atoms with E-state index in [-0.39, 0.29) is 5.91 Å². The van der Waals surface area contributed by atoms with Crippen LogP contribution in [0.2, 0.25) is 0 Å². The van der Waals surface area contributed by atoms with Gasteiger partial charge in [-0.25, -0.2) is 9.97 Å². The molecule has 4 aromatic heterocycles. The summed E-state index contributed by atoms with van der Waals surface area (Å²) < 4.78 is 2.04. The van der Waals surface area contributed by atoms with E-state index < -0.39 is 0 Å². The molecule has 7 nitrogen and oxygen atoms in total. The van der Waals surface area contributed by atoms with Gasteiger partial charge in [0.25, 0.3) is 5.91 Å². The Kier molecular flexibility index (Phi) is 5.02. The standard InChI is InChI=1S/C22H22N6OS/c1-16-20(30-21(24-16)18-6-2-4-8-23-18)22(29)27-12-10-26(11-13-27)14-17-15-28-9-5-3-7-19(28)25-17/h2-9,15H,10-14H2,1H3. The number of fused-ring (bicyclic) bond motifs is 1. The van der Waals surface area contributed by atoms with Crippen LogP contribution in [0.3, 0.4) is 0 Å². The summed E-state index contributed by atoms with van der Waals surface area (Å²) in [5.41, 5.74) is 3.60. The minimum Gasteiger partial charge on any atom is -0.335 e. The van der Waals surface area contributed by atoms with E-state index >= 15 is 0 Å². The maximum atomic E-state index is 13.1. The summed E-state index contributed by atoms with van der Waals surface area (Å²) in [6.45, 7) is 5.79. The molecule has 0 aromatic carbocycles. The van der Waals surface area contributed by atoms with Gasteiger partial charge >= 0.3 is 0 Å². The molecule has 1 aliphatic rings. The Morgan fingerprint density at radius 3 is 2.67 bits per heavy atom. The van der Waals surface area contributed by atoms with E-state index in [9.17, 15) is 4.79 Å². The first-order valence-corrected chi connectivity index (χ1v) is 10.8. The van der Waals surface area contributed by atoms with Crippen LogP contribution >= 0.6 is 11.3 Å². The lowest BCUT2D eigenvalue weighted by Gasteiger charge is -2.34. The van der Waals surface area contributed by atoms with Crippen LogP contribution in [-0.4, -0.2) is 61.2 Å². The molecule has 0 N–H and O–H groups in total. The third kappa shape index (κ3) is 3.71. The van der Waals surface area contributed by atoms with E-state index in [1.165, 1.54) is 11.3 Å². The number of pyridine rings is 2. The number of hydrogen-bond donors (Lipinski definition) is 0. The van der Waals surface area contributed by atoms with E-state index in [4.69, 9.17) is 0 Å². The van der Waals surface area contributed by atoms with Gasteiger partial charge < -0.3 is 9.30 Å². The predicted octanol–water partition coefficient (Wildman–Crippen LogP) is 3.12. The van der Waals surface area contributed by atoms with E-state index in [0.29, 0.717) is 18.0 Å². The maximum absolute atomic E-state index is 13.1. The third-order valence-corrected chi connectivity index (χ3v) is 6.50. The second-order valence-corrected chi connectivity index (χ2v) is 8.41. The molecule has 5 rings (SSSR count). The molecule has 1 fully saturated rings. The van der Waals surface area contributed by atoms with Crippen LogP contribution in [0, 0.1) is 6.92 Å². The zero-order valence-electron chi connectivity index (χ0n) is 16.7. The zero-order valence-corrected chi connectivity index (χ0v) is 17.5. The molecular formula is C22H22N6OS. The summed E-state index contributed by atoms with van der Waals surface area (Å²) in [6, 6.07) is 11.7. The van der Waals surface area contributed by atoms with Crippen LogP contribution in [-0.2, 0) is 6.54 Å². The van der Waals surface area contributed by atoms with Crippen molar-refractivity contribution < 1.29 is 4.79 Å². The molecule has 0 saturated carbocycles. The SMILES string of the molecule is Cc1nc(-c2ccccn2)sc1C(=O)N1CCN(Cc2cn3ccccc3n2)CC1. The van der Waals surface area contributed by atoms with Crippen molar-refractivity contribution in [1.82, 2.24) is 29.2 Å². The maximum Gasteiger partial charge on any atom is 0.265 e. The zero-order chi connectivity index (χ0) is 20.5. The van der Waals surface area contributed by atoms with Crippen LogP contribution in [0.1, 0.15) is 21.1 Å². The van der Waals surface area contributed by atoms with Crippen LogP contribution < -0.4 is 0 Å². The lowest BCUT2D eigenvalue weighted by Crippen LogP contribution is -2.48. The third-order valence-electron chi connectivity index (χ3n) is 5.33. The van der Waals surface area contributed by atoms with Gasteiger partial charge in [0, 0.05) is 51.3 Å². The Morgan fingerprint density at radius 2 is 1.90 bits per heavy atom. The fourth-order valence-electron chi connectivity index (χ4n) is 3.74. The van der Waals surface area contributed by atoms with Crippen LogP contribution in [0.25, 0.3) is 16.3 Å². The molecule has 1 amide bonds. The van der Waals surface area contributed by atoms with Gasteiger partial charge in [-0.3, -0.25) is 14.7 Å². The van der Waals surface area contributed by atoms with Crippen molar-refractivity contribution in [3.8, 4) is 10.7 Å². The molecule has 8 heteroatoms. The smallest absolute Gasteiger partial charge is 0.265 e. The van der Waals surface area contributed by atoms with Crippen molar-refractivity contribution in [2.24, 2.45) is 0 Å². The highest BCUT2D eigenvalue weighted by atomic mass is 32.1. The molecule has 5 heterocycles. The summed E-state index contributed by atoms with van der Waals surface area (Å²) in [5.74, 6) is 0.0690. The van der Waals surface area contributed by atoms with Gasteiger partial charge in [-0.1, -0.05) is 12.1 Å². The Labute approximate surface area is 178 Å². The molecule has 0 atom stereocenters.